The van der Waals surface area contributed by atoms with Crippen LogP contribution in [0.15, 0.2) is 36.4 Å². The molecule has 2 aromatic carbocycles. The highest BCUT2D eigenvalue weighted by Gasteiger charge is 2.04. The van der Waals surface area contributed by atoms with Gasteiger partial charge in [-0.25, -0.2) is 4.79 Å². The smallest absolute Gasteiger partial charge is 0.335 e. The van der Waals surface area contributed by atoms with Crippen LogP contribution in [-0.2, 0) is 11.3 Å². The number of fused-ring (bicyclic) bond motifs is 1. The molecule has 0 aromatic heterocycles. The molecule has 4 heteroatoms. The number of aromatic carboxylic acids is 1. The van der Waals surface area contributed by atoms with Crippen LogP contribution in [0.25, 0.3) is 10.8 Å². The zero-order chi connectivity index (χ0) is 13.1. The van der Waals surface area contributed by atoms with Crippen LogP contribution in [-0.4, -0.2) is 17.0 Å². The van der Waals surface area contributed by atoms with E-state index in [2.05, 4.69) is 5.32 Å². The van der Waals surface area contributed by atoms with Crippen molar-refractivity contribution in [2.75, 3.05) is 0 Å². The summed E-state index contributed by atoms with van der Waals surface area (Å²) in [4.78, 5) is 21.7. The number of hydrogen-bond acceptors (Lipinski definition) is 2. The Labute approximate surface area is 104 Å². The summed E-state index contributed by atoms with van der Waals surface area (Å²) in [5, 5.41) is 13.5. The van der Waals surface area contributed by atoms with Crippen LogP contribution in [0.3, 0.4) is 0 Å². The molecule has 92 valence electrons. The molecule has 0 radical (unpaired) electrons. The third kappa shape index (κ3) is 2.66. The van der Waals surface area contributed by atoms with Crippen LogP contribution in [0.4, 0.5) is 0 Å². The van der Waals surface area contributed by atoms with E-state index < -0.39 is 5.97 Å². The van der Waals surface area contributed by atoms with E-state index in [0.29, 0.717) is 6.54 Å². The van der Waals surface area contributed by atoms with Crippen molar-refractivity contribution in [2.24, 2.45) is 0 Å². The zero-order valence-electron chi connectivity index (χ0n) is 9.93. The molecule has 0 saturated heterocycles. The molecule has 0 aliphatic carbocycles. The van der Waals surface area contributed by atoms with Gasteiger partial charge in [-0.15, -0.1) is 0 Å². The zero-order valence-corrected chi connectivity index (χ0v) is 9.93. The van der Waals surface area contributed by atoms with E-state index >= 15 is 0 Å². The van der Waals surface area contributed by atoms with Crippen molar-refractivity contribution >= 4 is 22.6 Å². The van der Waals surface area contributed by atoms with Crippen molar-refractivity contribution in [1.82, 2.24) is 5.32 Å². The Morgan fingerprint density at radius 3 is 2.44 bits per heavy atom. The molecule has 0 saturated carbocycles. The van der Waals surface area contributed by atoms with Crippen LogP contribution < -0.4 is 5.32 Å². The average molecular weight is 243 g/mol. The van der Waals surface area contributed by atoms with Crippen molar-refractivity contribution in [1.29, 1.82) is 0 Å². The molecule has 0 aliphatic heterocycles. The topological polar surface area (TPSA) is 66.4 Å². The van der Waals surface area contributed by atoms with E-state index in [1.165, 1.54) is 6.92 Å². The fraction of sp³-hybridized carbons (Fsp3) is 0.143. The highest BCUT2D eigenvalue weighted by molar-refractivity contribution is 5.94. The summed E-state index contributed by atoms with van der Waals surface area (Å²) in [7, 11) is 0. The van der Waals surface area contributed by atoms with Crippen molar-refractivity contribution in [3.63, 3.8) is 0 Å². The minimum absolute atomic E-state index is 0.0728. The molecule has 0 bridgehead atoms. The number of carbonyl (C=O) groups excluding carboxylic acids is 1. The Morgan fingerprint density at radius 1 is 1.11 bits per heavy atom. The lowest BCUT2D eigenvalue weighted by atomic mass is 10.0. The largest absolute Gasteiger partial charge is 0.478 e. The minimum atomic E-state index is -0.931. The Morgan fingerprint density at radius 2 is 1.78 bits per heavy atom. The van der Waals surface area contributed by atoms with Gasteiger partial charge in [0.25, 0.3) is 0 Å². The summed E-state index contributed by atoms with van der Waals surface area (Å²) < 4.78 is 0. The van der Waals surface area contributed by atoms with Crippen molar-refractivity contribution < 1.29 is 14.7 Å². The number of carboxylic acids is 1. The van der Waals surface area contributed by atoms with Crippen LogP contribution in [0.2, 0.25) is 0 Å². The van der Waals surface area contributed by atoms with Gasteiger partial charge in [-0.1, -0.05) is 18.2 Å². The lowest BCUT2D eigenvalue weighted by Gasteiger charge is -2.05. The normalized spacial score (nSPS) is 10.3. The van der Waals surface area contributed by atoms with Crippen LogP contribution in [0, 0.1) is 0 Å². The first kappa shape index (κ1) is 12.1. The van der Waals surface area contributed by atoms with E-state index in [9.17, 15) is 9.59 Å². The lowest BCUT2D eigenvalue weighted by molar-refractivity contribution is -0.119. The van der Waals surface area contributed by atoms with Crippen molar-refractivity contribution in [3.8, 4) is 0 Å². The SMILES string of the molecule is CC(=O)NCc1ccc2cc(C(=O)O)ccc2c1. The van der Waals surface area contributed by atoms with E-state index in [1.54, 1.807) is 18.2 Å². The summed E-state index contributed by atoms with van der Waals surface area (Å²) in [6.45, 7) is 1.95. The third-order valence-corrected chi connectivity index (χ3v) is 2.69. The molecular weight excluding hydrogens is 230 g/mol. The molecule has 0 unspecified atom stereocenters. The summed E-state index contributed by atoms with van der Waals surface area (Å²) in [6, 6.07) is 10.7. The van der Waals surface area contributed by atoms with Crippen LogP contribution >= 0.6 is 0 Å². The van der Waals surface area contributed by atoms with Crippen molar-refractivity contribution in [2.45, 2.75) is 13.5 Å². The Hall–Kier alpha value is -2.36. The highest BCUT2D eigenvalue weighted by Crippen LogP contribution is 2.18. The van der Waals surface area contributed by atoms with Gasteiger partial charge in [0, 0.05) is 13.5 Å². The molecule has 2 rings (SSSR count). The predicted octanol–water partition coefficient (Wildman–Crippen LogP) is 2.17. The van der Waals surface area contributed by atoms with Crippen LogP contribution in [0.1, 0.15) is 22.8 Å². The molecule has 2 N–H and O–H groups in total. The number of carbonyl (C=O) groups is 2. The van der Waals surface area contributed by atoms with Gasteiger partial charge < -0.3 is 10.4 Å². The maximum absolute atomic E-state index is 10.8. The fourth-order valence-corrected chi connectivity index (χ4v) is 1.76. The van der Waals surface area contributed by atoms with Gasteiger partial charge in [-0.05, 0) is 34.5 Å². The van der Waals surface area contributed by atoms with E-state index in [4.69, 9.17) is 5.11 Å². The Kier molecular flexibility index (Phi) is 3.28. The first-order chi connectivity index (χ1) is 8.56. The summed E-state index contributed by atoms with van der Waals surface area (Å²) in [5.74, 6) is -1.00. The molecule has 0 aliphatic rings. The van der Waals surface area contributed by atoms with Gasteiger partial charge in [0.05, 0.1) is 5.56 Å². The number of amides is 1. The molecular formula is C14H13NO3. The first-order valence-corrected chi connectivity index (χ1v) is 5.57. The van der Waals surface area contributed by atoms with Crippen LogP contribution in [0.5, 0.6) is 0 Å². The Balaban J connectivity index is 2.32. The number of carboxylic acid groups (broad SMARTS) is 1. The first-order valence-electron chi connectivity index (χ1n) is 5.57. The number of nitrogens with one attached hydrogen (secondary N) is 1. The molecule has 1 amide bonds. The minimum Gasteiger partial charge on any atom is -0.478 e. The maximum atomic E-state index is 10.8. The maximum Gasteiger partial charge on any atom is 0.335 e. The number of benzene rings is 2. The molecule has 4 nitrogen and oxygen atoms in total. The molecule has 0 spiro atoms. The Bertz CT molecular complexity index is 619. The summed E-state index contributed by atoms with van der Waals surface area (Å²) in [5.41, 5.74) is 1.26. The quantitative estimate of drug-likeness (QED) is 0.868. The number of rotatable bonds is 3. The molecule has 18 heavy (non-hydrogen) atoms. The van der Waals surface area contributed by atoms with Gasteiger partial charge >= 0.3 is 5.97 Å². The number of hydrogen-bond donors (Lipinski definition) is 2. The van der Waals surface area contributed by atoms with E-state index in [1.807, 2.05) is 18.2 Å². The average Bonchev–Trinajstić information content (AvgIpc) is 2.35. The monoisotopic (exact) mass is 243 g/mol. The van der Waals surface area contributed by atoms with Gasteiger partial charge in [-0.2, -0.15) is 0 Å². The fourth-order valence-electron chi connectivity index (χ4n) is 1.76. The van der Waals surface area contributed by atoms with Gasteiger partial charge in [0.15, 0.2) is 0 Å². The summed E-state index contributed by atoms with van der Waals surface area (Å²) in [6.07, 6.45) is 0. The molecule has 2 aromatic rings. The second-order valence-electron chi connectivity index (χ2n) is 4.11. The van der Waals surface area contributed by atoms with Crippen molar-refractivity contribution in [3.05, 3.63) is 47.5 Å². The second-order valence-corrected chi connectivity index (χ2v) is 4.11. The third-order valence-electron chi connectivity index (χ3n) is 2.69. The standard InChI is InChI=1S/C14H13NO3/c1-9(16)15-8-10-2-3-12-7-13(14(17)18)5-4-11(12)6-10/h2-7H,8H2,1H3,(H,15,16)(H,17,18). The highest BCUT2D eigenvalue weighted by atomic mass is 16.4. The lowest BCUT2D eigenvalue weighted by Crippen LogP contribution is -2.18. The van der Waals surface area contributed by atoms with E-state index in [-0.39, 0.29) is 11.5 Å². The van der Waals surface area contributed by atoms with Gasteiger partial charge in [0.1, 0.15) is 0 Å². The second kappa shape index (κ2) is 4.87. The molecule has 0 fully saturated rings. The predicted molar refractivity (Wildman–Crippen MR) is 68.4 cm³/mol. The van der Waals surface area contributed by atoms with Gasteiger partial charge in [-0.3, -0.25) is 4.79 Å². The molecule has 0 atom stereocenters. The van der Waals surface area contributed by atoms with E-state index in [0.717, 1.165) is 16.3 Å². The van der Waals surface area contributed by atoms with Gasteiger partial charge in [0.2, 0.25) is 5.91 Å². The molecule has 0 heterocycles. The summed E-state index contributed by atoms with van der Waals surface area (Å²) >= 11 is 0.